The lowest BCUT2D eigenvalue weighted by Crippen LogP contribution is -2.43. The molecule has 0 spiro atoms. The Bertz CT molecular complexity index is 584. The molecule has 0 aliphatic heterocycles. The number of aryl methyl sites for hydroxylation is 1. The molecule has 1 aromatic carbocycles. The average Bonchev–Trinajstić information content (AvgIpc) is 2.37. The lowest BCUT2D eigenvalue weighted by molar-refractivity contribution is -0.160. The minimum atomic E-state index is -3.84. The van der Waals surface area contributed by atoms with Crippen LogP contribution in [0, 0.1) is 12.3 Å². The van der Waals surface area contributed by atoms with E-state index in [1.54, 1.807) is 12.1 Å². The summed E-state index contributed by atoms with van der Waals surface area (Å²) in [5, 5.41) is 0. The zero-order valence-corrected chi connectivity index (χ0v) is 12.4. The van der Waals surface area contributed by atoms with Crippen molar-refractivity contribution < 1.29 is 22.1 Å². The van der Waals surface area contributed by atoms with Crippen molar-refractivity contribution in [3.63, 3.8) is 0 Å². The summed E-state index contributed by atoms with van der Waals surface area (Å²) in [5.74, 6) is -0.400. The van der Waals surface area contributed by atoms with E-state index in [0.717, 1.165) is 12.0 Å². The molecule has 6 heteroatoms. The topological polar surface area (TPSA) is 69.7 Å². The lowest BCUT2D eigenvalue weighted by atomic mass is 9.69. The van der Waals surface area contributed by atoms with E-state index in [1.165, 1.54) is 19.2 Å². The van der Waals surface area contributed by atoms with Gasteiger partial charge >= 0.3 is 5.97 Å². The van der Waals surface area contributed by atoms with E-state index in [-0.39, 0.29) is 11.5 Å². The smallest absolute Gasteiger partial charge is 0.314 e. The summed E-state index contributed by atoms with van der Waals surface area (Å²) >= 11 is 0. The second kappa shape index (κ2) is 5.54. The first kappa shape index (κ1) is 15.0. The summed E-state index contributed by atoms with van der Waals surface area (Å²) in [6.45, 7) is 1.72. The van der Waals surface area contributed by atoms with Crippen molar-refractivity contribution in [2.75, 3.05) is 13.7 Å². The van der Waals surface area contributed by atoms with Crippen LogP contribution in [0.4, 0.5) is 0 Å². The fourth-order valence-corrected chi connectivity index (χ4v) is 3.18. The Morgan fingerprint density at radius 3 is 2.30 bits per heavy atom. The maximum Gasteiger partial charge on any atom is 0.314 e. The Kier molecular flexibility index (Phi) is 4.15. The Balaban J connectivity index is 2.09. The van der Waals surface area contributed by atoms with E-state index in [1.807, 2.05) is 6.92 Å². The maximum absolute atomic E-state index is 12.1. The van der Waals surface area contributed by atoms with Crippen LogP contribution in [0.15, 0.2) is 29.2 Å². The van der Waals surface area contributed by atoms with Gasteiger partial charge in [-0.25, -0.2) is 0 Å². The van der Waals surface area contributed by atoms with Crippen molar-refractivity contribution in [2.45, 2.75) is 31.1 Å². The number of carbonyl (C=O) groups is 1. The summed E-state index contributed by atoms with van der Waals surface area (Å²) in [4.78, 5) is 11.8. The van der Waals surface area contributed by atoms with Crippen LogP contribution in [0.5, 0.6) is 0 Å². The number of benzene rings is 1. The van der Waals surface area contributed by atoms with Crippen LogP contribution in [-0.2, 0) is 23.8 Å². The largest absolute Gasteiger partial charge is 0.469 e. The molecule has 0 bridgehead atoms. The molecule has 1 aromatic rings. The molecular formula is C14H18O5S. The zero-order chi connectivity index (χ0) is 14.8. The third-order valence-electron chi connectivity index (χ3n) is 3.73. The van der Waals surface area contributed by atoms with Gasteiger partial charge in [-0.2, -0.15) is 8.42 Å². The molecule has 0 amide bonds. The van der Waals surface area contributed by atoms with Gasteiger partial charge in [-0.1, -0.05) is 24.1 Å². The van der Waals surface area contributed by atoms with Gasteiger partial charge in [0, 0.05) is 0 Å². The average molecular weight is 298 g/mol. The highest BCUT2D eigenvalue weighted by molar-refractivity contribution is 7.86. The van der Waals surface area contributed by atoms with Crippen LogP contribution in [-0.4, -0.2) is 28.1 Å². The third kappa shape index (κ3) is 2.86. The summed E-state index contributed by atoms with van der Waals surface area (Å²) in [6, 6.07) is 6.40. The van der Waals surface area contributed by atoms with Gasteiger partial charge in [0.15, 0.2) is 0 Å². The van der Waals surface area contributed by atoms with Crippen LogP contribution in [0.1, 0.15) is 24.8 Å². The first-order valence-corrected chi connectivity index (χ1v) is 7.85. The quantitative estimate of drug-likeness (QED) is 0.614. The van der Waals surface area contributed by atoms with Crippen LogP contribution in [0.25, 0.3) is 0 Å². The molecule has 20 heavy (non-hydrogen) atoms. The van der Waals surface area contributed by atoms with Crippen LogP contribution in [0.3, 0.4) is 0 Å². The fraction of sp³-hybridized carbons (Fsp3) is 0.500. The molecule has 5 nitrogen and oxygen atoms in total. The monoisotopic (exact) mass is 298 g/mol. The zero-order valence-electron chi connectivity index (χ0n) is 11.6. The molecule has 1 aliphatic rings. The normalized spacial score (nSPS) is 17.3. The SMILES string of the molecule is COC(=O)C1(COS(=O)(=O)c2ccc(C)cc2)CCC1. The number of ether oxygens (including phenoxy) is 1. The summed E-state index contributed by atoms with van der Waals surface area (Å²) < 4.78 is 33.9. The van der Waals surface area contributed by atoms with E-state index in [2.05, 4.69) is 0 Å². The van der Waals surface area contributed by atoms with Crippen molar-refractivity contribution in [2.24, 2.45) is 5.41 Å². The van der Waals surface area contributed by atoms with Crippen molar-refractivity contribution in [1.29, 1.82) is 0 Å². The standard InChI is InChI=1S/C14H18O5S/c1-11-4-6-12(7-5-11)20(16,17)19-10-14(8-3-9-14)13(15)18-2/h4-7H,3,8-10H2,1-2H3. The van der Waals surface area contributed by atoms with E-state index in [9.17, 15) is 13.2 Å². The van der Waals surface area contributed by atoms with Crippen LogP contribution < -0.4 is 0 Å². The first-order valence-electron chi connectivity index (χ1n) is 6.44. The molecule has 0 aromatic heterocycles. The molecule has 0 heterocycles. The van der Waals surface area contributed by atoms with Gasteiger partial charge in [0.1, 0.15) is 0 Å². The van der Waals surface area contributed by atoms with Gasteiger partial charge in [-0.05, 0) is 31.9 Å². The summed E-state index contributed by atoms with van der Waals surface area (Å²) in [6.07, 6.45) is 2.08. The highest BCUT2D eigenvalue weighted by Crippen LogP contribution is 2.42. The van der Waals surface area contributed by atoms with Gasteiger partial charge in [0.2, 0.25) is 0 Å². The fourth-order valence-electron chi connectivity index (χ4n) is 2.19. The molecular weight excluding hydrogens is 280 g/mol. The maximum atomic E-state index is 12.1. The molecule has 0 N–H and O–H groups in total. The molecule has 1 saturated carbocycles. The Morgan fingerprint density at radius 1 is 1.25 bits per heavy atom. The van der Waals surface area contributed by atoms with Gasteiger partial charge in [-0.3, -0.25) is 8.98 Å². The number of carbonyl (C=O) groups excluding carboxylic acids is 1. The number of hydrogen-bond acceptors (Lipinski definition) is 5. The Labute approximate surface area is 119 Å². The molecule has 0 radical (unpaired) electrons. The third-order valence-corrected chi connectivity index (χ3v) is 5.01. The number of hydrogen-bond donors (Lipinski definition) is 0. The van der Waals surface area contributed by atoms with Gasteiger partial charge in [-0.15, -0.1) is 0 Å². The molecule has 1 fully saturated rings. The number of rotatable bonds is 5. The van der Waals surface area contributed by atoms with Crippen molar-refractivity contribution in [1.82, 2.24) is 0 Å². The lowest BCUT2D eigenvalue weighted by Gasteiger charge is -2.37. The second-order valence-electron chi connectivity index (χ2n) is 5.15. The Morgan fingerprint density at radius 2 is 1.85 bits per heavy atom. The van der Waals surface area contributed by atoms with Gasteiger partial charge in [0.05, 0.1) is 24.0 Å². The highest BCUT2D eigenvalue weighted by atomic mass is 32.2. The summed E-state index contributed by atoms with van der Waals surface area (Å²) in [5.41, 5.74) is 0.168. The Hall–Kier alpha value is -1.40. The van der Waals surface area contributed by atoms with E-state index in [4.69, 9.17) is 8.92 Å². The molecule has 2 rings (SSSR count). The minimum Gasteiger partial charge on any atom is -0.469 e. The summed E-state index contributed by atoms with van der Waals surface area (Å²) in [7, 11) is -2.53. The predicted molar refractivity (Wildman–Crippen MR) is 72.6 cm³/mol. The van der Waals surface area contributed by atoms with Crippen LogP contribution >= 0.6 is 0 Å². The second-order valence-corrected chi connectivity index (χ2v) is 6.77. The van der Waals surface area contributed by atoms with Crippen molar-refractivity contribution in [3.8, 4) is 0 Å². The van der Waals surface area contributed by atoms with E-state index in [0.29, 0.717) is 12.8 Å². The minimum absolute atomic E-state index is 0.0995. The molecule has 0 saturated heterocycles. The van der Waals surface area contributed by atoms with Crippen molar-refractivity contribution >= 4 is 16.1 Å². The number of esters is 1. The molecule has 1 aliphatic carbocycles. The predicted octanol–water partition coefficient (Wildman–Crippen LogP) is 2.04. The van der Waals surface area contributed by atoms with Gasteiger partial charge in [0.25, 0.3) is 10.1 Å². The molecule has 0 atom stereocenters. The highest BCUT2D eigenvalue weighted by Gasteiger charge is 2.46. The number of methoxy groups -OCH3 is 1. The van der Waals surface area contributed by atoms with Gasteiger partial charge < -0.3 is 4.74 Å². The van der Waals surface area contributed by atoms with E-state index >= 15 is 0 Å². The molecule has 0 unspecified atom stereocenters. The first-order chi connectivity index (χ1) is 9.39. The van der Waals surface area contributed by atoms with Crippen LogP contribution in [0.2, 0.25) is 0 Å². The van der Waals surface area contributed by atoms with E-state index < -0.39 is 21.5 Å². The van der Waals surface area contributed by atoms with Crippen molar-refractivity contribution in [3.05, 3.63) is 29.8 Å². The molecule has 110 valence electrons.